The molecule has 7 heteroatoms. The summed E-state index contributed by atoms with van der Waals surface area (Å²) < 4.78 is 1.72. The van der Waals surface area contributed by atoms with Crippen molar-refractivity contribution in [2.24, 2.45) is 0 Å². The topological polar surface area (TPSA) is 77.5 Å². The van der Waals surface area contributed by atoms with E-state index in [9.17, 15) is 4.79 Å². The van der Waals surface area contributed by atoms with Crippen molar-refractivity contribution in [2.45, 2.75) is 20.4 Å². The van der Waals surface area contributed by atoms with Crippen molar-refractivity contribution in [3.05, 3.63) is 64.6 Å². The Labute approximate surface area is 163 Å². The summed E-state index contributed by atoms with van der Waals surface area (Å²) in [5.41, 5.74) is 4.89. The van der Waals surface area contributed by atoms with Crippen LogP contribution >= 0.6 is 0 Å². The lowest BCUT2D eigenvalue weighted by Crippen LogP contribution is -2.48. The molecule has 1 amide bonds. The zero-order valence-electron chi connectivity index (χ0n) is 16.1. The number of fused-ring (bicyclic) bond motifs is 1. The lowest BCUT2D eigenvalue weighted by Gasteiger charge is -2.34. The Morgan fingerprint density at radius 2 is 1.86 bits per heavy atom. The van der Waals surface area contributed by atoms with Gasteiger partial charge in [-0.05, 0) is 37.6 Å². The molecule has 2 aromatic heterocycles. The predicted octanol–water partition coefficient (Wildman–Crippen LogP) is 2.18. The number of hydrogen-bond donors (Lipinski definition) is 0. The molecular weight excluding hydrogens is 352 g/mol. The van der Waals surface area contributed by atoms with Crippen LogP contribution in [-0.2, 0) is 6.54 Å². The summed E-state index contributed by atoms with van der Waals surface area (Å²) in [7, 11) is 0. The van der Waals surface area contributed by atoms with Crippen LogP contribution in [0.2, 0.25) is 0 Å². The molecule has 0 radical (unpaired) electrons. The van der Waals surface area contributed by atoms with Crippen molar-refractivity contribution in [2.75, 3.05) is 26.2 Å². The number of carbonyl (C=O) groups excluding carboxylic acids is 1. The van der Waals surface area contributed by atoms with Crippen LogP contribution in [0.4, 0.5) is 0 Å². The Balaban J connectivity index is 1.42. The second-order valence-corrected chi connectivity index (χ2v) is 7.21. The van der Waals surface area contributed by atoms with Crippen LogP contribution in [0.25, 0.3) is 5.65 Å². The van der Waals surface area contributed by atoms with Gasteiger partial charge in [-0.3, -0.25) is 9.69 Å². The molecular formula is C21H22N6O. The average Bonchev–Trinajstić information content (AvgIpc) is 3.13. The van der Waals surface area contributed by atoms with Crippen LogP contribution in [-0.4, -0.2) is 56.5 Å². The number of benzene rings is 1. The van der Waals surface area contributed by atoms with Crippen molar-refractivity contribution >= 4 is 11.6 Å². The van der Waals surface area contributed by atoms with Gasteiger partial charge in [0.25, 0.3) is 5.91 Å². The van der Waals surface area contributed by atoms with E-state index < -0.39 is 0 Å². The summed E-state index contributed by atoms with van der Waals surface area (Å²) in [6.45, 7) is 7.70. The van der Waals surface area contributed by atoms with Gasteiger partial charge < -0.3 is 4.90 Å². The molecule has 3 heterocycles. The van der Waals surface area contributed by atoms with E-state index in [1.807, 2.05) is 49.1 Å². The molecule has 142 valence electrons. The SMILES string of the molecule is Cc1cc(C)n2ncc(C(=O)N3CCN(Cc4ccc(C#N)cc4)CC3)c2n1. The third-order valence-electron chi connectivity index (χ3n) is 5.16. The monoisotopic (exact) mass is 374 g/mol. The van der Waals surface area contributed by atoms with E-state index in [0.717, 1.165) is 31.0 Å². The van der Waals surface area contributed by atoms with E-state index in [2.05, 4.69) is 21.1 Å². The lowest BCUT2D eigenvalue weighted by molar-refractivity contribution is 0.0630. The highest BCUT2D eigenvalue weighted by Gasteiger charge is 2.25. The number of nitrogens with zero attached hydrogens (tertiary/aromatic N) is 6. The summed E-state index contributed by atoms with van der Waals surface area (Å²) in [5.74, 6) is -0.00877. The number of rotatable bonds is 3. The predicted molar refractivity (Wildman–Crippen MR) is 105 cm³/mol. The third-order valence-corrected chi connectivity index (χ3v) is 5.16. The number of amides is 1. The van der Waals surface area contributed by atoms with Gasteiger partial charge in [0.15, 0.2) is 5.65 Å². The summed E-state index contributed by atoms with van der Waals surface area (Å²) >= 11 is 0. The number of nitriles is 1. The molecule has 1 aliphatic heterocycles. The zero-order valence-corrected chi connectivity index (χ0v) is 16.1. The number of aryl methyl sites for hydroxylation is 2. The van der Waals surface area contributed by atoms with Gasteiger partial charge in [0.2, 0.25) is 0 Å². The number of piperazine rings is 1. The number of aromatic nitrogens is 3. The van der Waals surface area contributed by atoms with E-state index in [1.165, 1.54) is 5.56 Å². The first-order valence-electron chi connectivity index (χ1n) is 9.38. The summed E-state index contributed by atoms with van der Waals surface area (Å²) in [4.78, 5) is 21.7. The Morgan fingerprint density at radius 1 is 1.14 bits per heavy atom. The molecule has 1 saturated heterocycles. The van der Waals surface area contributed by atoms with Crippen molar-refractivity contribution in [3.63, 3.8) is 0 Å². The fraction of sp³-hybridized carbons (Fsp3) is 0.333. The second kappa shape index (κ2) is 7.41. The number of carbonyl (C=O) groups is 1. The van der Waals surface area contributed by atoms with Gasteiger partial charge in [-0.25, -0.2) is 9.50 Å². The molecule has 0 spiro atoms. The Hall–Kier alpha value is -3.24. The Kier molecular flexibility index (Phi) is 4.80. The fourth-order valence-electron chi connectivity index (χ4n) is 3.64. The molecule has 1 fully saturated rings. The fourth-order valence-corrected chi connectivity index (χ4v) is 3.64. The van der Waals surface area contributed by atoms with E-state index in [4.69, 9.17) is 5.26 Å². The number of hydrogen-bond acceptors (Lipinski definition) is 5. The van der Waals surface area contributed by atoms with Crippen LogP contribution < -0.4 is 0 Å². The molecule has 28 heavy (non-hydrogen) atoms. The minimum absolute atomic E-state index is 0.00877. The van der Waals surface area contributed by atoms with Gasteiger partial charge in [-0.15, -0.1) is 0 Å². The van der Waals surface area contributed by atoms with Crippen molar-refractivity contribution in [1.29, 1.82) is 5.26 Å². The van der Waals surface area contributed by atoms with Gasteiger partial charge in [-0.2, -0.15) is 10.4 Å². The largest absolute Gasteiger partial charge is 0.336 e. The van der Waals surface area contributed by atoms with E-state index >= 15 is 0 Å². The molecule has 7 nitrogen and oxygen atoms in total. The quantitative estimate of drug-likeness (QED) is 0.702. The first-order chi connectivity index (χ1) is 13.5. The summed E-state index contributed by atoms with van der Waals surface area (Å²) in [6.07, 6.45) is 1.63. The van der Waals surface area contributed by atoms with E-state index in [1.54, 1.807) is 10.7 Å². The smallest absolute Gasteiger partial charge is 0.259 e. The Morgan fingerprint density at radius 3 is 2.54 bits per heavy atom. The van der Waals surface area contributed by atoms with E-state index in [-0.39, 0.29) is 5.91 Å². The maximum atomic E-state index is 13.0. The van der Waals surface area contributed by atoms with Crippen LogP contribution in [0.3, 0.4) is 0 Å². The molecule has 4 rings (SSSR count). The molecule has 1 aliphatic rings. The van der Waals surface area contributed by atoms with Gasteiger partial charge >= 0.3 is 0 Å². The molecule has 0 N–H and O–H groups in total. The maximum absolute atomic E-state index is 13.0. The minimum Gasteiger partial charge on any atom is -0.336 e. The van der Waals surface area contributed by atoms with Gasteiger partial charge in [0, 0.05) is 44.1 Å². The molecule has 3 aromatic rings. The first kappa shape index (κ1) is 18.1. The van der Waals surface area contributed by atoms with Crippen LogP contribution in [0.1, 0.15) is 32.9 Å². The van der Waals surface area contributed by atoms with E-state index in [0.29, 0.717) is 29.9 Å². The van der Waals surface area contributed by atoms with Crippen LogP contribution in [0.15, 0.2) is 36.5 Å². The highest BCUT2D eigenvalue weighted by Crippen LogP contribution is 2.16. The lowest BCUT2D eigenvalue weighted by atomic mass is 10.1. The minimum atomic E-state index is -0.00877. The van der Waals surface area contributed by atoms with Gasteiger partial charge in [-0.1, -0.05) is 12.1 Å². The maximum Gasteiger partial charge on any atom is 0.259 e. The average molecular weight is 374 g/mol. The van der Waals surface area contributed by atoms with Crippen LogP contribution in [0.5, 0.6) is 0 Å². The zero-order chi connectivity index (χ0) is 19.7. The van der Waals surface area contributed by atoms with Crippen molar-refractivity contribution in [1.82, 2.24) is 24.4 Å². The Bertz CT molecular complexity index is 1050. The second-order valence-electron chi connectivity index (χ2n) is 7.21. The summed E-state index contributed by atoms with van der Waals surface area (Å²) in [5, 5.41) is 13.2. The van der Waals surface area contributed by atoms with Crippen molar-refractivity contribution in [3.8, 4) is 6.07 Å². The molecule has 0 unspecified atom stereocenters. The first-order valence-corrected chi connectivity index (χ1v) is 9.38. The normalized spacial score (nSPS) is 15.0. The van der Waals surface area contributed by atoms with Crippen LogP contribution in [0, 0.1) is 25.2 Å². The molecule has 0 atom stereocenters. The standard InChI is InChI=1S/C21H22N6O/c1-15-11-16(2)27-20(24-15)19(13-23-27)21(28)26-9-7-25(8-10-26)14-18-5-3-17(12-22)4-6-18/h3-6,11,13H,7-10,14H2,1-2H3. The highest BCUT2D eigenvalue weighted by molar-refractivity contribution is 5.99. The molecule has 1 aromatic carbocycles. The summed E-state index contributed by atoms with van der Waals surface area (Å²) in [6, 6.07) is 11.8. The third kappa shape index (κ3) is 3.47. The molecule has 0 saturated carbocycles. The molecule has 0 bridgehead atoms. The highest BCUT2D eigenvalue weighted by atomic mass is 16.2. The van der Waals surface area contributed by atoms with Gasteiger partial charge in [0.1, 0.15) is 5.56 Å². The van der Waals surface area contributed by atoms with Gasteiger partial charge in [0.05, 0.1) is 17.8 Å². The van der Waals surface area contributed by atoms with Crippen molar-refractivity contribution < 1.29 is 4.79 Å². The molecule has 0 aliphatic carbocycles.